The number of rotatable bonds is 5. The minimum Gasteiger partial charge on any atom is -0.496 e. The Kier molecular flexibility index (Phi) is 3.05. The molecule has 1 aromatic rings. The van der Waals surface area contributed by atoms with E-state index in [4.69, 9.17) is 4.74 Å². The molecule has 80 valence electrons. The lowest BCUT2D eigenvalue weighted by Gasteiger charge is -2.06. The molecule has 1 aromatic carbocycles. The Balaban J connectivity index is 1.94. The molecule has 15 heavy (non-hydrogen) atoms. The number of hydrogen-bond donors (Lipinski definition) is 0. The average Bonchev–Trinajstić information content (AvgIpc) is 3.10. The van der Waals surface area contributed by atoms with Crippen LogP contribution in [0.15, 0.2) is 24.3 Å². The highest BCUT2D eigenvalue weighted by Crippen LogP contribution is 2.31. The molecule has 0 aliphatic heterocycles. The van der Waals surface area contributed by atoms with Gasteiger partial charge in [0.05, 0.1) is 7.11 Å². The van der Waals surface area contributed by atoms with E-state index >= 15 is 0 Å². The van der Waals surface area contributed by atoms with Crippen molar-refractivity contribution in [2.24, 2.45) is 5.92 Å². The van der Waals surface area contributed by atoms with Gasteiger partial charge in [0, 0.05) is 12.3 Å². The molecule has 0 unspecified atom stereocenters. The highest BCUT2D eigenvalue weighted by molar-refractivity contribution is 5.83. The van der Waals surface area contributed by atoms with Gasteiger partial charge in [0.25, 0.3) is 0 Å². The summed E-state index contributed by atoms with van der Waals surface area (Å²) >= 11 is 0. The van der Waals surface area contributed by atoms with Crippen molar-refractivity contribution < 1.29 is 9.53 Å². The van der Waals surface area contributed by atoms with Crippen molar-refractivity contribution in [2.45, 2.75) is 25.7 Å². The van der Waals surface area contributed by atoms with Crippen LogP contribution in [-0.4, -0.2) is 12.9 Å². The largest absolute Gasteiger partial charge is 0.496 e. The molecule has 0 heterocycles. The molecule has 1 fully saturated rings. The van der Waals surface area contributed by atoms with E-state index in [9.17, 15) is 4.79 Å². The molecule has 2 heteroatoms. The van der Waals surface area contributed by atoms with E-state index in [1.165, 1.54) is 0 Å². The van der Waals surface area contributed by atoms with E-state index in [0.29, 0.717) is 18.1 Å². The van der Waals surface area contributed by atoms with Crippen LogP contribution in [0.4, 0.5) is 0 Å². The fraction of sp³-hybridized carbons (Fsp3) is 0.462. The Bertz CT molecular complexity index is 353. The second-order valence-electron chi connectivity index (χ2n) is 4.05. The van der Waals surface area contributed by atoms with E-state index in [1.807, 2.05) is 24.3 Å². The SMILES string of the molecule is COc1ccccc1CCC(=O)C1CC1. The number of aryl methyl sites for hydroxylation is 1. The van der Waals surface area contributed by atoms with Crippen LogP contribution in [0, 0.1) is 5.92 Å². The van der Waals surface area contributed by atoms with Gasteiger partial charge in [-0.15, -0.1) is 0 Å². The van der Waals surface area contributed by atoms with Crippen molar-refractivity contribution in [1.29, 1.82) is 0 Å². The van der Waals surface area contributed by atoms with E-state index in [0.717, 1.165) is 30.6 Å². The minimum absolute atomic E-state index is 0.375. The first-order valence-corrected chi connectivity index (χ1v) is 5.46. The number of carbonyl (C=O) groups excluding carboxylic acids is 1. The van der Waals surface area contributed by atoms with Crippen LogP contribution in [0.5, 0.6) is 5.75 Å². The minimum atomic E-state index is 0.375. The van der Waals surface area contributed by atoms with Gasteiger partial charge in [-0.1, -0.05) is 18.2 Å². The van der Waals surface area contributed by atoms with Gasteiger partial charge in [-0.05, 0) is 30.9 Å². The van der Waals surface area contributed by atoms with Crippen molar-refractivity contribution in [1.82, 2.24) is 0 Å². The molecule has 1 saturated carbocycles. The second kappa shape index (κ2) is 4.47. The van der Waals surface area contributed by atoms with Crippen molar-refractivity contribution in [3.63, 3.8) is 0 Å². The van der Waals surface area contributed by atoms with Crippen molar-refractivity contribution in [3.8, 4) is 5.75 Å². The van der Waals surface area contributed by atoms with Gasteiger partial charge in [0.15, 0.2) is 0 Å². The summed E-state index contributed by atoms with van der Waals surface area (Å²) in [6.07, 6.45) is 3.67. The number of hydrogen-bond acceptors (Lipinski definition) is 2. The molecular weight excluding hydrogens is 188 g/mol. The molecule has 1 aliphatic rings. The number of ether oxygens (including phenoxy) is 1. The van der Waals surface area contributed by atoms with Gasteiger partial charge >= 0.3 is 0 Å². The molecule has 0 aromatic heterocycles. The highest BCUT2D eigenvalue weighted by Gasteiger charge is 2.28. The average molecular weight is 204 g/mol. The van der Waals surface area contributed by atoms with Gasteiger partial charge < -0.3 is 4.74 Å². The predicted molar refractivity (Wildman–Crippen MR) is 59.0 cm³/mol. The van der Waals surface area contributed by atoms with Crippen molar-refractivity contribution >= 4 is 5.78 Å². The van der Waals surface area contributed by atoms with Crippen molar-refractivity contribution in [3.05, 3.63) is 29.8 Å². The Hall–Kier alpha value is -1.31. The van der Waals surface area contributed by atoms with Crippen LogP contribution >= 0.6 is 0 Å². The Morgan fingerprint density at radius 1 is 1.40 bits per heavy atom. The van der Waals surface area contributed by atoms with E-state index in [2.05, 4.69) is 0 Å². The standard InChI is InChI=1S/C13H16O2/c1-15-13-5-3-2-4-11(13)8-9-12(14)10-6-7-10/h2-5,10H,6-9H2,1H3. The summed E-state index contributed by atoms with van der Waals surface area (Å²) in [6, 6.07) is 7.90. The summed E-state index contributed by atoms with van der Waals surface area (Å²) in [6.45, 7) is 0. The van der Waals surface area contributed by atoms with Crippen molar-refractivity contribution in [2.75, 3.05) is 7.11 Å². The van der Waals surface area contributed by atoms with Crippen LogP contribution in [0.3, 0.4) is 0 Å². The monoisotopic (exact) mass is 204 g/mol. The lowest BCUT2D eigenvalue weighted by atomic mass is 10.0. The number of Topliss-reactive ketones (excluding diaryl/α,β-unsaturated/α-hetero) is 1. The smallest absolute Gasteiger partial charge is 0.136 e. The lowest BCUT2D eigenvalue weighted by Crippen LogP contribution is -2.02. The molecule has 0 N–H and O–H groups in total. The molecule has 2 rings (SSSR count). The third-order valence-electron chi connectivity index (χ3n) is 2.87. The molecule has 0 spiro atoms. The molecule has 1 aliphatic carbocycles. The summed E-state index contributed by atoms with van der Waals surface area (Å²) < 4.78 is 5.24. The third kappa shape index (κ3) is 2.58. The fourth-order valence-electron chi connectivity index (χ4n) is 1.78. The second-order valence-corrected chi connectivity index (χ2v) is 4.05. The molecule has 2 nitrogen and oxygen atoms in total. The maximum absolute atomic E-state index is 11.5. The van der Waals surface area contributed by atoms with Crippen LogP contribution < -0.4 is 4.74 Å². The molecule has 0 bridgehead atoms. The summed E-state index contributed by atoms with van der Waals surface area (Å²) in [5, 5.41) is 0. The molecular formula is C13H16O2. The third-order valence-corrected chi connectivity index (χ3v) is 2.87. The van der Waals surface area contributed by atoms with Gasteiger partial charge in [0.2, 0.25) is 0 Å². The Labute approximate surface area is 90.3 Å². The summed E-state index contributed by atoms with van der Waals surface area (Å²) in [7, 11) is 1.67. The number of methoxy groups -OCH3 is 1. The first kappa shape index (κ1) is 10.2. The number of carbonyl (C=O) groups is 1. The first-order chi connectivity index (χ1) is 7.31. The summed E-state index contributed by atoms with van der Waals surface area (Å²) in [5.74, 6) is 1.68. The van der Waals surface area contributed by atoms with Crippen LogP contribution in [-0.2, 0) is 11.2 Å². The van der Waals surface area contributed by atoms with E-state index in [1.54, 1.807) is 7.11 Å². The Morgan fingerprint density at radius 2 is 2.13 bits per heavy atom. The normalized spacial score (nSPS) is 15.0. The van der Waals surface area contributed by atoms with Gasteiger partial charge in [-0.2, -0.15) is 0 Å². The zero-order valence-electron chi connectivity index (χ0n) is 9.03. The highest BCUT2D eigenvalue weighted by atomic mass is 16.5. The number of ketones is 1. The van der Waals surface area contributed by atoms with E-state index < -0.39 is 0 Å². The molecule has 0 atom stereocenters. The van der Waals surface area contributed by atoms with Crippen LogP contribution in [0.1, 0.15) is 24.8 Å². The zero-order chi connectivity index (χ0) is 10.7. The quantitative estimate of drug-likeness (QED) is 0.737. The fourth-order valence-corrected chi connectivity index (χ4v) is 1.78. The summed E-state index contributed by atoms with van der Waals surface area (Å²) in [5.41, 5.74) is 1.13. The predicted octanol–water partition coefficient (Wildman–Crippen LogP) is 2.61. The number of benzene rings is 1. The Morgan fingerprint density at radius 3 is 2.80 bits per heavy atom. The lowest BCUT2D eigenvalue weighted by molar-refractivity contribution is -0.120. The topological polar surface area (TPSA) is 26.3 Å². The van der Waals surface area contributed by atoms with Crippen LogP contribution in [0.2, 0.25) is 0 Å². The molecule has 0 saturated heterocycles. The van der Waals surface area contributed by atoms with Gasteiger partial charge in [-0.3, -0.25) is 4.79 Å². The van der Waals surface area contributed by atoms with E-state index in [-0.39, 0.29) is 0 Å². The molecule has 0 radical (unpaired) electrons. The van der Waals surface area contributed by atoms with Gasteiger partial charge in [0.1, 0.15) is 11.5 Å². The summed E-state index contributed by atoms with van der Waals surface area (Å²) in [4.78, 5) is 11.5. The van der Waals surface area contributed by atoms with Gasteiger partial charge in [-0.25, -0.2) is 0 Å². The first-order valence-electron chi connectivity index (χ1n) is 5.46. The number of para-hydroxylation sites is 1. The maximum Gasteiger partial charge on any atom is 0.136 e. The molecule has 0 amide bonds. The van der Waals surface area contributed by atoms with Crippen LogP contribution in [0.25, 0.3) is 0 Å². The zero-order valence-corrected chi connectivity index (χ0v) is 9.03. The maximum atomic E-state index is 11.5.